The largest absolute Gasteiger partial charge is 0.358 e. The summed E-state index contributed by atoms with van der Waals surface area (Å²) in [5, 5.41) is 7.02. The summed E-state index contributed by atoms with van der Waals surface area (Å²) in [4.78, 5) is 20.3. The molecule has 118 valence electrons. The van der Waals surface area contributed by atoms with E-state index in [1.54, 1.807) is 13.2 Å². The smallest absolute Gasteiger partial charge is 0.239 e. The van der Waals surface area contributed by atoms with E-state index in [2.05, 4.69) is 20.6 Å². The van der Waals surface area contributed by atoms with E-state index < -0.39 is 0 Å². The minimum atomic E-state index is -0.0327. The predicted octanol–water partition coefficient (Wildman–Crippen LogP) is 2.54. The Hall–Kier alpha value is -2.89. The van der Waals surface area contributed by atoms with Crippen LogP contribution in [0.15, 0.2) is 36.9 Å². The van der Waals surface area contributed by atoms with Gasteiger partial charge in [0.1, 0.15) is 12.4 Å². The lowest BCUT2D eigenvalue weighted by Crippen LogP contribution is -2.22. The Morgan fingerprint density at radius 2 is 1.96 bits per heavy atom. The van der Waals surface area contributed by atoms with Crippen molar-refractivity contribution in [1.82, 2.24) is 19.9 Å². The van der Waals surface area contributed by atoms with Gasteiger partial charge < -0.3 is 15.2 Å². The molecule has 0 unspecified atom stereocenters. The highest BCUT2D eigenvalue weighted by molar-refractivity contribution is 5.93. The average molecular weight is 309 g/mol. The number of aryl methyl sites for hydroxylation is 2. The van der Waals surface area contributed by atoms with Crippen molar-refractivity contribution in [2.45, 2.75) is 20.4 Å². The Kier molecular flexibility index (Phi) is 3.97. The molecule has 0 spiro atoms. The molecule has 3 heterocycles. The van der Waals surface area contributed by atoms with Gasteiger partial charge in [0.05, 0.1) is 5.52 Å². The number of carbonyl (C=O) groups excluding carboxylic acids is 1. The maximum Gasteiger partial charge on any atom is 0.239 e. The summed E-state index contributed by atoms with van der Waals surface area (Å²) in [5.74, 6) is 0.741. The zero-order valence-corrected chi connectivity index (χ0v) is 13.4. The number of nitrogens with one attached hydrogen (secondary N) is 2. The van der Waals surface area contributed by atoms with Crippen molar-refractivity contribution in [1.29, 1.82) is 0 Å². The lowest BCUT2D eigenvalue weighted by Gasteiger charge is -2.12. The molecule has 2 N–H and O–H groups in total. The third-order valence-electron chi connectivity index (χ3n) is 3.86. The normalized spacial score (nSPS) is 10.7. The third-order valence-corrected chi connectivity index (χ3v) is 3.86. The van der Waals surface area contributed by atoms with Gasteiger partial charge in [-0.3, -0.25) is 9.78 Å². The Labute approximate surface area is 134 Å². The van der Waals surface area contributed by atoms with Gasteiger partial charge in [-0.1, -0.05) is 0 Å². The second-order valence-electron chi connectivity index (χ2n) is 5.48. The van der Waals surface area contributed by atoms with Crippen molar-refractivity contribution in [3.05, 3.63) is 48.0 Å². The molecule has 0 saturated carbocycles. The predicted molar refractivity (Wildman–Crippen MR) is 90.8 cm³/mol. The lowest BCUT2D eigenvalue weighted by molar-refractivity contribution is -0.121. The van der Waals surface area contributed by atoms with Crippen molar-refractivity contribution in [2.24, 2.45) is 0 Å². The Morgan fingerprint density at radius 3 is 2.65 bits per heavy atom. The first-order valence-electron chi connectivity index (χ1n) is 7.43. The van der Waals surface area contributed by atoms with Gasteiger partial charge in [-0.25, -0.2) is 4.98 Å². The molecule has 3 aromatic heterocycles. The first-order valence-corrected chi connectivity index (χ1v) is 7.43. The molecule has 0 aliphatic rings. The van der Waals surface area contributed by atoms with Crippen molar-refractivity contribution in [2.75, 3.05) is 12.4 Å². The molecule has 0 aliphatic heterocycles. The van der Waals surface area contributed by atoms with E-state index in [1.807, 2.05) is 49.1 Å². The fourth-order valence-electron chi connectivity index (χ4n) is 2.61. The number of pyridine rings is 2. The van der Waals surface area contributed by atoms with Crippen LogP contribution >= 0.6 is 0 Å². The number of anilines is 2. The topological polar surface area (TPSA) is 71.8 Å². The minimum Gasteiger partial charge on any atom is -0.358 e. The van der Waals surface area contributed by atoms with Crippen LogP contribution in [0.5, 0.6) is 0 Å². The molecular formula is C17H19N5O. The van der Waals surface area contributed by atoms with E-state index in [1.165, 1.54) is 0 Å². The number of likely N-dealkylation sites (N-methyl/N-ethyl adjacent to an activating group) is 1. The van der Waals surface area contributed by atoms with Crippen molar-refractivity contribution < 1.29 is 4.79 Å². The number of aromatic nitrogens is 3. The van der Waals surface area contributed by atoms with E-state index in [0.29, 0.717) is 0 Å². The van der Waals surface area contributed by atoms with Gasteiger partial charge in [0.15, 0.2) is 0 Å². The van der Waals surface area contributed by atoms with Gasteiger partial charge in [-0.2, -0.15) is 0 Å². The van der Waals surface area contributed by atoms with E-state index in [0.717, 1.165) is 33.5 Å². The second kappa shape index (κ2) is 6.08. The fourth-order valence-corrected chi connectivity index (χ4v) is 2.61. The van der Waals surface area contributed by atoms with Crippen LogP contribution < -0.4 is 10.6 Å². The summed E-state index contributed by atoms with van der Waals surface area (Å²) in [6, 6.07) is 3.88. The van der Waals surface area contributed by atoms with Crippen LogP contribution in [-0.4, -0.2) is 27.5 Å². The first kappa shape index (κ1) is 15.0. The molecule has 6 heteroatoms. The monoisotopic (exact) mass is 309 g/mol. The van der Waals surface area contributed by atoms with Gasteiger partial charge in [-0.05, 0) is 37.1 Å². The van der Waals surface area contributed by atoms with Crippen LogP contribution in [-0.2, 0) is 11.3 Å². The van der Waals surface area contributed by atoms with Crippen molar-refractivity contribution in [3.63, 3.8) is 0 Å². The van der Waals surface area contributed by atoms with Gasteiger partial charge >= 0.3 is 0 Å². The van der Waals surface area contributed by atoms with Crippen LogP contribution in [0.2, 0.25) is 0 Å². The molecule has 6 nitrogen and oxygen atoms in total. The third kappa shape index (κ3) is 2.88. The number of rotatable bonds is 4. The van der Waals surface area contributed by atoms with E-state index in [-0.39, 0.29) is 12.5 Å². The maximum absolute atomic E-state index is 11.6. The minimum absolute atomic E-state index is 0.0327. The molecular weight excluding hydrogens is 290 g/mol. The first-order chi connectivity index (χ1) is 11.1. The Morgan fingerprint density at radius 1 is 1.22 bits per heavy atom. The van der Waals surface area contributed by atoms with Gasteiger partial charge in [0, 0.05) is 42.9 Å². The van der Waals surface area contributed by atoms with Crippen molar-refractivity contribution >= 4 is 28.3 Å². The molecule has 23 heavy (non-hydrogen) atoms. The number of fused-ring (bicyclic) bond motifs is 1. The Balaban J connectivity index is 2.01. The summed E-state index contributed by atoms with van der Waals surface area (Å²) in [5.41, 5.74) is 4.11. The van der Waals surface area contributed by atoms with Crippen molar-refractivity contribution in [3.8, 4) is 0 Å². The van der Waals surface area contributed by atoms with E-state index >= 15 is 0 Å². The molecule has 3 aromatic rings. The van der Waals surface area contributed by atoms with Crippen LogP contribution in [0.3, 0.4) is 0 Å². The maximum atomic E-state index is 11.6. The number of hydrogen-bond acceptors (Lipinski definition) is 4. The standard InChI is InChI=1S/C17H19N5O/c1-11-8-19-9-12(2)16(11)21-17-13-5-7-22(10-15(23)18-3)14(13)4-6-20-17/h4-9H,10H2,1-3H3,(H,18,23)(H,19,20,21). The number of amides is 1. The van der Waals surface area contributed by atoms with Gasteiger partial charge in [-0.15, -0.1) is 0 Å². The average Bonchev–Trinajstić information content (AvgIpc) is 2.95. The molecule has 0 aliphatic carbocycles. The molecule has 0 fully saturated rings. The Bertz CT molecular complexity index is 848. The summed E-state index contributed by atoms with van der Waals surface area (Å²) in [6.45, 7) is 4.31. The highest BCUT2D eigenvalue weighted by atomic mass is 16.1. The molecule has 0 saturated heterocycles. The molecule has 3 rings (SSSR count). The number of carbonyl (C=O) groups is 1. The SMILES string of the molecule is CNC(=O)Cn1ccc2c(Nc3c(C)cncc3C)nccc21. The molecule has 0 bridgehead atoms. The zero-order chi connectivity index (χ0) is 16.4. The van der Waals surface area contributed by atoms with Gasteiger partial charge in [0.2, 0.25) is 5.91 Å². The summed E-state index contributed by atoms with van der Waals surface area (Å²) >= 11 is 0. The van der Waals surface area contributed by atoms with Crippen LogP contribution in [0.4, 0.5) is 11.5 Å². The second-order valence-corrected chi connectivity index (χ2v) is 5.48. The van der Waals surface area contributed by atoms with Crippen LogP contribution in [0.25, 0.3) is 10.9 Å². The summed E-state index contributed by atoms with van der Waals surface area (Å²) in [7, 11) is 1.64. The number of hydrogen-bond donors (Lipinski definition) is 2. The zero-order valence-electron chi connectivity index (χ0n) is 13.4. The molecule has 0 aromatic carbocycles. The molecule has 0 radical (unpaired) electrons. The quantitative estimate of drug-likeness (QED) is 0.777. The molecule has 1 amide bonds. The highest BCUT2D eigenvalue weighted by Crippen LogP contribution is 2.28. The lowest BCUT2D eigenvalue weighted by atomic mass is 10.1. The van der Waals surface area contributed by atoms with E-state index in [9.17, 15) is 4.79 Å². The van der Waals surface area contributed by atoms with Gasteiger partial charge in [0.25, 0.3) is 0 Å². The highest BCUT2D eigenvalue weighted by Gasteiger charge is 2.11. The van der Waals surface area contributed by atoms with E-state index in [4.69, 9.17) is 0 Å². The van der Waals surface area contributed by atoms with Crippen LogP contribution in [0, 0.1) is 13.8 Å². The van der Waals surface area contributed by atoms with Crippen LogP contribution in [0.1, 0.15) is 11.1 Å². The fraction of sp³-hybridized carbons (Fsp3) is 0.235. The summed E-state index contributed by atoms with van der Waals surface area (Å²) < 4.78 is 1.91. The summed E-state index contributed by atoms with van der Waals surface area (Å²) in [6.07, 6.45) is 7.30. The molecule has 0 atom stereocenters. The number of nitrogens with zero attached hydrogens (tertiary/aromatic N) is 3.